The van der Waals surface area contributed by atoms with Crippen molar-refractivity contribution < 1.29 is 40.6 Å². The highest BCUT2D eigenvalue weighted by Gasteiger charge is 2.30. The maximum Gasteiger partial charge on any atom is 0.416 e. The molecule has 0 unspecified atom stereocenters. The summed E-state index contributed by atoms with van der Waals surface area (Å²) in [5, 5.41) is 2.53. The summed E-state index contributed by atoms with van der Waals surface area (Å²) in [7, 11) is 0. The zero-order chi connectivity index (χ0) is 21.5. The molecule has 0 atom stereocenters. The average Bonchev–Trinajstić information content (AvgIpc) is 2.64. The number of hydrogen-bond donors (Lipinski definition) is 1. The van der Waals surface area contributed by atoms with Crippen LogP contribution in [-0.2, 0) is 28.9 Å². The van der Waals surface area contributed by atoms with Crippen molar-refractivity contribution in [2.24, 2.45) is 0 Å². The minimum absolute atomic E-state index is 0.0850. The van der Waals surface area contributed by atoms with Crippen molar-refractivity contribution in [2.75, 3.05) is 13.2 Å². The molecule has 0 aromatic heterocycles. The molecule has 0 radical (unpaired) electrons. The number of halogens is 6. The second kappa shape index (κ2) is 9.64. The van der Waals surface area contributed by atoms with E-state index in [2.05, 4.69) is 10.1 Å². The minimum atomic E-state index is -4.51. The van der Waals surface area contributed by atoms with Gasteiger partial charge in [0.1, 0.15) is 12.4 Å². The van der Waals surface area contributed by atoms with E-state index in [1.54, 1.807) is 24.3 Å². The molecule has 0 bridgehead atoms. The van der Waals surface area contributed by atoms with E-state index in [1.807, 2.05) is 0 Å². The van der Waals surface area contributed by atoms with E-state index >= 15 is 0 Å². The molecule has 0 spiro atoms. The fourth-order valence-electron chi connectivity index (χ4n) is 2.20. The van der Waals surface area contributed by atoms with E-state index < -0.39 is 37.0 Å². The summed E-state index contributed by atoms with van der Waals surface area (Å²) in [6.45, 7) is -1.88. The first-order valence-electron chi connectivity index (χ1n) is 8.32. The number of nitrogens with one attached hydrogen (secondary N) is 1. The number of hydrogen-bond acceptors (Lipinski definition) is 3. The van der Waals surface area contributed by atoms with Gasteiger partial charge in [-0.25, -0.2) is 0 Å². The van der Waals surface area contributed by atoms with Crippen molar-refractivity contribution in [3.63, 3.8) is 0 Å². The third-order valence-electron chi connectivity index (χ3n) is 3.58. The third-order valence-corrected chi connectivity index (χ3v) is 3.58. The minimum Gasteiger partial charge on any atom is -0.484 e. The summed E-state index contributed by atoms with van der Waals surface area (Å²) in [5.41, 5.74) is 0.337. The number of carbonyl (C=O) groups is 1. The Bertz CT molecular complexity index is 803. The Balaban J connectivity index is 1.75. The molecular formula is C19H17F6NO3. The Labute approximate surface area is 162 Å². The van der Waals surface area contributed by atoms with Gasteiger partial charge < -0.3 is 14.8 Å². The van der Waals surface area contributed by atoms with E-state index in [-0.39, 0.29) is 18.9 Å². The van der Waals surface area contributed by atoms with Crippen molar-refractivity contribution in [2.45, 2.75) is 25.5 Å². The molecule has 0 fully saturated rings. The Hall–Kier alpha value is -2.75. The lowest BCUT2D eigenvalue weighted by molar-refractivity contribution is -0.176. The van der Waals surface area contributed by atoms with Gasteiger partial charge in [0.15, 0.2) is 6.61 Å². The highest BCUT2D eigenvalue weighted by atomic mass is 19.4. The predicted octanol–water partition coefficient (Wildman–Crippen LogP) is 4.48. The highest BCUT2D eigenvalue weighted by molar-refractivity contribution is 5.77. The number of benzene rings is 2. The van der Waals surface area contributed by atoms with Crippen LogP contribution in [0.5, 0.6) is 5.75 Å². The van der Waals surface area contributed by atoms with Crippen molar-refractivity contribution in [1.29, 1.82) is 0 Å². The number of alkyl halides is 6. The van der Waals surface area contributed by atoms with Gasteiger partial charge in [-0.1, -0.05) is 30.3 Å². The zero-order valence-corrected chi connectivity index (χ0v) is 14.9. The first-order chi connectivity index (χ1) is 13.5. The molecule has 0 saturated heterocycles. The number of ether oxygens (including phenoxy) is 2. The molecule has 0 aliphatic rings. The van der Waals surface area contributed by atoms with Crippen LogP contribution in [-0.4, -0.2) is 25.3 Å². The molecule has 0 aliphatic carbocycles. The smallest absolute Gasteiger partial charge is 0.416 e. The fraction of sp³-hybridized carbons (Fsp3) is 0.316. The summed E-state index contributed by atoms with van der Waals surface area (Å²) in [4.78, 5) is 11.8. The molecule has 2 rings (SSSR count). The zero-order valence-electron chi connectivity index (χ0n) is 14.9. The van der Waals surface area contributed by atoms with Crippen molar-refractivity contribution in [3.8, 4) is 5.75 Å². The molecule has 158 valence electrons. The van der Waals surface area contributed by atoms with E-state index in [1.165, 1.54) is 12.1 Å². The molecule has 0 saturated carbocycles. The van der Waals surface area contributed by atoms with E-state index in [9.17, 15) is 31.1 Å². The molecule has 29 heavy (non-hydrogen) atoms. The van der Waals surface area contributed by atoms with Crippen LogP contribution in [0.3, 0.4) is 0 Å². The predicted molar refractivity (Wildman–Crippen MR) is 90.9 cm³/mol. The van der Waals surface area contributed by atoms with Gasteiger partial charge in [-0.05, 0) is 29.3 Å². The van der Waals surface area contributed by atoms with Crippen LogP contribution in [0.2, 0.25) is 0 Å². The van der Waals surface area contributed by atoms with Crippen LogP contribution in [0, 0.1) is 0 Å². The second-order valence-corrected chi connectivity index (χ2v) is 6.02. The topological polar surface area (TPSA) is 47.6 Å². The van der Waals surface area contributed by atoms with Gasteiger partial charge in [0.2, 0.25) is 0 Å². The van der Waals surface area contributed by atoms with Gasteiger partial charge in [0, 0.05) is 6.54 Å². The van der Waals surface area contributed by atoms with Gasteiger partial charge in [-0.15, -0.1) is 0 Å². The number of rotatable bonds is 8. The van der Waals surface area contributed by atoms with E-state index in [4.69, 9.17) is 4.74 Å². The Morgan fingerprint density at radius 3 is 2.21 bits per heavy atom. The van der Waals surface area contributed by atoms with Crippen LogP contribution in [0.4, 0.5) is 26.3 Å². The molecular weight excluding hydrogens is 404 g/mol. The summed E-state index contributed by atoms with van der Waals surface area (Å²) in [6, 6.07) is 10.5. The van der Waals surface area contributed by atoms with Crippen LogP contribution < -0.4 is 10.1 Å². The molecule has 1 N–H and O–H groups in total. The maximum absolute atomic E-state index is 12.6. The Kier molecular flexibility index (Phi) is 7.49. The lowest BCUT2D eigenvalue weighted by Crippen LogP contribution is -2.28. The molecule has 2 aromatic carbocycles. The van der Waals surface area contributed by atoms with Crippen LogP contribution in [0.25, 0.3) is 0 Å². The van der Waals surface area contributed by atoms with Gasteiger partial charge in [0.25, 0.3) is 5.91 Å². The lowest BCUT2D eigenvalue weighted by Gasteiger charge is -2.11. The van der Waals surface area contributed by atoms with Gasteiger partial charge >= 0.3 is 12.4 Å². The largest absolute Gasteiger partial charge is 0.484 e. The van der Waals surface area contributed by atoms with Crippen molar-refractivity contribution in [1.82, 2.24) is 5.32 Å². The Morgan fingerprint density at radius 2 is 1.59 bits per heavy atom. The highest BCUT2D eigenvalue weighted by Crippen LogP contribution is 2.31. The SMILES string of the molecule is O=C(COc1cccc(C(F)(F)F)c1)NCc1ccc(COCC(F)(F)F)cc1. The normalized spacial score (nSPS) is 11.9. The number of amides is 1. The van der Waals surface area contributed by atoms with Crippen LogP contribution in [0.1, 0.15) is 16.7 Å². The van der Waals surface area contributed by atoms with Crippen LogP contribution in [0.15, 0.2) is 48.5 Å². The first kappa shape index (κ1) is 22.5. The third kappa shape index (κ3) is 8.43. The second-order valence-electron chi connectivity index (χ2n) is 6.02. The quantitative estimate of drug-likeness (QED) is 0.640. The molecule has 0 heterocycles. The monoisotopic (exact) mass is 421 g/mol. The molecule has 1 amide bonds. The summed E-state index contributed by atoms with van der Waals surface area (Å²) in [6.07, 6.45) is -8.90. The molecule has 2 aromatic rings. The first-order valence-corrected chi connectivity index (χ1v) is 8.32. The van der Waals surface area contributed by atoms with Gasteiger partial charge in [-0.2, -0.15) is 26.3 Å². The summed E-state index contributed by atoms with van der Waals surface area (Å²) in [5.74, 6) is -0.627. The van der Waals surface area contributed by atoms with Crippen molar-refractivity contribution >= 4 is 5.91 Å². The van der Waals surface area contributed by atoms with E-state index in [0.717, 1.165) is 12.1 Å². The number of carbonyl (C=O) groups excluding carboxylic acids is 1. The van der Waals surface area contributed by atoms with Crippen molar-refractivity contribution in [3.05, 3.63) is 65.2 Å². The summed E-state index contributed by atoms with van der Waals surface area (Å²) < 4.78 is 83.6. The molecule has 4 nitrogen and oxygen atoms in total. The standard InChI is InChI=1S/C19H17F6NO3/c20-18(21,22)12-28-10-14-6-4-13(5-7-14)9-26-17(27)11-29-16-3-1-2-15(8-16)19(23,24)25/h1-8H,9-12H2,(H,26,27). The molecule has 10 heteroatoms. The maximum atomic E-state index is 12.6. The summed E-state index contributed by atoms with van der Waals surface area (Å²) >= 11 is 0. The average molecular weight is 421 g/mol. The Morgan fingerprint density at radius 1 is 0.931 bits per heavy atom. The van der Waals surface area contributed by atoms with E-state index in [0.29, 0.717) is 11.1 Å². The molecule has 0 aliphatic heterocycles. The van der Waals surface area contributed by atoms with Crippen LogP contribution >= 0.6 is 0 Å². The lowest BCUT2D eigenvalue weighted by atomic mass is 10.1. The van der Waals surface area contributed by atoms with Gasteiger partial charge in [0.05, 0.1) is 12.2 Å². The fourth-order valence-corrected chi connectivity index (χ4v) is 2.20. The van der Waals surface area contributed by atoms with Gasteiger partial charge in [-0.3, -0.25) is 4.79 Å².